The summed E-state index contributed by atoms with van der Waals surface area (Å²) in [5.41, 5.74) is 1.26. The van der Waals surface area contributed by atoms with Crippen LogP contribution >= 0.6 is 11.6 Å². The van der Waals surface area contributed by atoms with Gasteiger partial charge in [-0.1, -0.05) is 54.1 Å². The zero-order valence-electron chi connectivity index (χ0n) is 10.8. The Kier molecular flexibility index (Phi) is 5.16. The number of halogens is 1. The molecule has 0 fully saturated rings. The third-order valence-corrected chi connectivity index (χ3v) is 3.33. The van der Waals surface area contributed by atoms with E-state index in [1.165, 1.54) is 0 Å². The van der Waals surface area contributed by atoms with Gasteiger partial charge in [0, 0.05) is 5.92 Å². The molecule has 2 rings (SSSR count). The largest absolute Gasteiger partial charge is 0.461 e. The summed E-state index contributed by atoms with van der Waals surface area (Å²) in [4.78, 5) is 11.9. The molecule has 0 heterocycles. The fraction of sp³-hybridized carbons (Fsp3) is 0.188. The quantitative estimate of drug-likeness (QED) is 0.860. The number of ether oxygens (including phenoxy) is 1. The second kappa shape index (κ2) is 7.08. The van der Waals surface area contributed by atoms with Crippen LogP contribution in [-0.4, -0.2) is 24.3 Å². The zero-order chi connectivity index (χ0) is 14.4. The van der Waals surface area contributed by atoms with Crippen LogP contribution in [0.15, 0.2) is 54.6 Å². The molecule has 0 saturated heterocycles. The minimum absolute atomic E-state index is 0.0835. The maximum atomic E-state index is 11.9. The van der Waals surface area contributed by atoms with Gasteiger partial charge in [-0.15, -0.1) is 0 Å². The molecule has 0 aromatic heterocycles. The van der Waals surface area contributed by atoms with E-state index < -0.39 is 5.97 Å². The van der Waals surface area contributed by atoms with Gasteiger partial charge in [0.2, 0.25) is 0 Å². The molecule has 3 nitrogen and oxygen atoms in total. The van der Waals surface area contributed by atoms with E-state index in [1.54, 1.807) is 24.3 Å². The fourth-order valence-corrected chi connectivity index (χ4v) is 2.07. The summed E-state index contributed by atoms with van der Waals surface area (Å²) in [5, 5.41) is 9.76. The van der Waals surface area contributed by atoms with Crippen LogP contribution in [0.1, 0.15) is 21.8 Å². The monoisotopic (exact) mass is 290 g/mol. The third kappa shape index (κ3) is 3.59. The molecular formula is C16H15ClO3. The zero-order valence-corrected chi connectivity index (χ0v) is 11.6. The van der Waals surface area contributed by atoms with Crippen LogP contribution in [0.4, 0.5) is 0 Å². The minimum Gasteiger partial charge on any atom is -0.461 e. The van der Waals surface area contributed by atoms with Crippen molar-refractivity contribution in [3.05, 3.63) is 70.7 Å². The SMILES string of the molecule is O=C(OCC(CO)c1ccccc1)c1ccccc1Cl. The predicted molar refractivity (Wildman–Crippen MR) is 78.0 cm³/mol. The van der Waals surface area contributed by atoms with Crippen molar-refractivity contribution >= 4 is 17.6 Å². The molecule has 20 heavy (non-hydrogen) atoms. The normalized spacial score (nSPS) is 11.9. The molecule has 0 aliphatic heterocycles. The van der Waals surface area contributed by atoms with Crippen LogP contribution in [0.2, 0.25) is 5.02 Å². The van der Waals surface area contributed by atoms with Gasteiger partial charge in [-0.3, -0.25) is 0 Å². The van der Waals surface area contributed by atoms with Crippen molar-refractivity contribution in [3.8, 4) is 0 Å². The second-order valence-corrected chi connectivity index (χ2v) is 4.78. The van der Waals surface area contributed by atoms with Gasteiger partial charge >= 0.3 is 5.97 Å². The Morgan fingerprint density at radius 1 is 1.10 bits per heavy atom. The first-order valence-electron chi connectivity index (χ1n) is 6.30. The molecule has 0 aliphatic carbocycles. The van der Waals surface area contributed by atoms with Gasteiger partial charge in [0.25, 0.3) is 0 Å². The minimum atomic E-state index is -0.481. The van der Waals surface area contributed by atoms with Crippen molar-refractivity contribution in [2.45, 2.75) is 5.92 Å². The van der Waals surface area contributed by atoms with Gasteiger partial charge < -0.3 is 9.84 Å². The summed E-state index contributed by atoms with van der Waals surface area (Å²) in [7, 11) is 0. The lowest BCUT2D eigenvalue weighted by molar-refractivity contribution is 0.0451. The van der Waals surface area contributed by atoms with Gasteiger partial charge in [0.15, 0.2) is 0 Å². The third-order valence-electron chi connectivity index (χ3n) is 3.00. The molecule has 0 aliphatic rings. The number of rotatable bonds is 5. The molecule has 1 N–H and O–H groups in total. The Morgan fingerprint density at radius 3 is 2.40 bits per heavy atom. The molecule has 2 aromatic carbocycles. The molecule has 1 atom stereocenters. The summed E-state index contributed by atoms with van der Waals surface area (Å²) in [6, 6.07) is 16.2. The highest BCUT2D eigenvalue weighted by molar-refractivity contribution is 6.33. The lowest BCUT2D eigenvalue weighted by Gasteiger charge is -2.15. The number of hydrogen-bond acceptors (Lipinski definition) is 3. The van der Waals surface area contributed by atoms with E-state index in [4.69, 9.17) is 16.3 Å². The van der Waals surface area contributed by atoms with Crippen molar-refractivity contribution in [2.75, 3.05) is 13.2 Å². The summed E-state index contributed by atoms with van der Waals surface area (Å²) >= 11 is 5.94. The average Bonchev–Trinajstić information content (AvgIpc) is 2.49. The fourth-order valence-electron chi connectivity index (χ4n) is 1.86. The molecule has 0 spiro atoms. The van der Waals surface area contributed by atoms with E-state index in [-0.39, 0.29) is 19.1 Å². The average molecular weight is 291 g/mol. The standard InChI is InChI=1S/C16H15ClO3/c17-15-9-5-4-8-14(15)16(19)20-11-13(10-18)12-6-2-1-3-7-12/h1-9,13,18H,10-11H2. The maximum absolute atomic E-state index is 11.9. The van der Waals surface area contributed by atoms with Gasteiger partial charge in [-0.25, -0.2) is 4.79 Å². The van der Waals surface area contributed by atoms with Gasteiger partial charge in [0.05, 0.1) is 17.2 Å². The maximum Gasteiger partial charge on any atom is 0.339 e. The van der Waals surface area contributed by atoms with E-state index in [2.05, 4.69) is 0 Å². The van der Waals surface area contributed by atoms with Crippen LogP contribution in [0.25, 0.3) is 0 Å². The Morgan fingerprint density at radius 2 is 1.75 bits per heavy atom. The highest BCUT2D eigenvalue weighted by atomic mass is 35.5. The summed E-state index contributed by atoms with van der Waals surface area (Å²) < 4.78 is 5.23. The van der Waals surface area contributed by atoms with Gasteiger partial charge in [0.1, 0.15) is 6.61 Å². The first-order chi connectivity index (χ1) is 9.72. The lowest BCUT2D eigenvalue weighted by Crippen LogP contribution is -2.16. The molecule has 0 radical (unpaired) electrons. The Balaban J connectivity index is 2.01. The molecule has 0 bridgehead atoms. The molecule has 0 saturated carbocycles. The smallest absolute Gasteiger partial charge is 0.339 e. The number of hydrogen-bond donors (Lipinski definition) is 1. The number of aliphatic hydroxyl groups excluding tert-OH is 1. The van der Waals surface area contributed by atoms with Crippen molar-refractivity contribution in [1.82, 2.24) is 0 Å². The van der Waals surface area contributed by atoms with Crippen molar-refractivity contribution in [2.24, 2.45) is 0 Å². The highest BCUT2D eigenvalue weighted by Crippen LogP contribution is 2.19. The molecule has 0 amide bonds. The Bertz CT molecular complexity index is 569. The van der Waals surface area contributed by atoms with Crippen molar-refractivity contribution < 1.29 is 14.6 Å². The molecule has 2 aromatic rings. The highest BCUT2D eigenvalue weighted by Gasteiger charge is 2.16. The van der Waals surface area contributed by atoms with E-state index in [9.17, 15) is 9.90 Å². The number of carbonyl (C=O) groups excluding carboxylic acids is 1. The summed E-state index contributed by atoms with van der Waals surface area (Å²) in [5.74, 6) is -0.715. The van der Waals surface area contributed by atoms with Crippen molar-refractivity contribution in [3.63, 3.8) is 0 Å². The Labute approximate surface area is 122 Å². The number of carbonyl (C=O) groups is 1. The summed E-state index contributed by atoms with van der Waals surface area (Å²) in [6.07, 6.45) is 0. The van der Waals surface area contributed by atoms with Crippen LogP contribution in [-0.2, 0) is 4.74 Å². The first kappa shape index (κ1) is 14.6. The molecular weight excluding hydrogens is 276 g/mol. The first-order valence-corrected chi connectivity index (χ1v) is 6.67. The molecule has 1 unspecified atom stereocenters. The van der Waals surface area contributed by atoms with E-state index in [0.717, 1.165) is 5.56 Å². The van der Waals surface area contributed by atoms with Gasteiger partial charge in [-0.2, -0.15) is 0 Å². The number of aliphatic hydroxyl groups is 1. The number of esters is 1. The van der Waals surface area contributed by atoms with Crippen LogP contribution in [0.5, 0.6) is 0 Å². The van der Waals surface area contributed by atoms with Crippen molar-refractivity contribution in [1.29, 1.82) is 0 Å². The molecule has 4 heteroatoms. The van der Waals surface area contributed by atoms with E-state index in [1.807, 2.05) is 30.3 Å². The second-order valence-electron chi connectivity index (χ2n) is 4.37. The van der Waals surface area contributed by atoms with E-state index >= 15 is 0 Å². The number of benzene rings is 2. The molecule has 104 valence electrons. The van der Waals surface area contributed by atoms with E-state index in [0.29, 0.717) is 10.6 Å². The van der Waals surface area contributed by atoms with Crippen LogP contribution in [0.3, 0.4) is 0 Å². The summed E-state index contributed by atoms with van der Waals surface area (Å²) in [6.45, 7) is 0.0321. The Hall–Kier alpha value is -1.84. The van der Waals surface area contributed by atoms with Gasteiger partial charge in [-0.05, 0) is 17.7 Å². The topological polar surface area (TPSA) is 46.5 Å². The van der Waals surface area contributed by atoms with Crippen LogP contribution < -0.4 is 0 Å². The lowest BCUT2D eigenvalue weighted by atomic mass is 10.0. The van der Waals surface area contributed by atoms with Crippen LogP contribution in [0, 0.1) is 0 Å². The predicted octanol–water partition coefficient (Wildman–Crippen LogP) is 3.27.